The summed E-state index contributed by atoms with van der Waals surface area (Å²) in [6.07, 6.45) is 11.2. The minimum Gasteiger partial charge on any atom is -0.444 e. The summed E-state index contributed by atoms with van der Waals surface area (Å²) in [6, 6.07) is 2.08. The van der Waals surface area contributed by atoms with Crippen LogP contribution in [0.4, 0.5) is 4.79 Å². The first-order valence-electron chi connectivity index (χ1n) is 9.20. The van der Waals surface area contributed by atoms with Gasteiger partial charge in [-0.2, -0.15) is 0 Å². The Bertz CT molecular complexity index is 384. The summed E-state index contributed by atoms with van der Waals surface area (Å²) < 4.78 is 5.61. The summed E-state index contributed by atoms with van der Waals surface area (Å²) in [7, 11) is 0. The second-order valence-corrected chi connectivity index (χ2v) is 8.44. The molecular formula is C18H32N2O2. The average molecular weight is 308 g/mol. The molecule has 0 spiro atoms. The normalized spacial score (nSPS) is 33.0. The predicted molar refractivity (Wildman–Crippen MR) is 87.9 cm³/mol. The molecule has 0 aromatic carbocycles. The van der Waals surface area contributed by atoms with Crippen molar-refractivity contribution in [1.29, 1.82) is 0 Å². The molecule has 2 atom stereocenters. The minimum absolute atomic E-state index is 0.101. The van der Waals surface area contributed by atoms with Crippen molar-refractivity contribution in [3.8, 4) is 0 Å². The van der Waals surface area contributed by atoms with Crippen LogP contribution >= 0.6 is 0 Å². The molecule has 22 heavy (non-hydrogen) atoms. The van der Waals surface area contributed by atoms with Crippen LogP contribution in [0.2, 0.25) is 0 Å². The number of carbonyl (C=O) groups excluding carboxylic acids is 1. The van der Waals surface area contributed by atoms with Crippen LogP contribution < -0.4 is 5.32 Å². The number of hydrogen-bond acceptors (Lipinski definition) is 3. The molecule has 1 N–H and O–H groups in total. The molecule has 0 aromatic heterocycles. The number of amides is 1. The lowest BCUT2D eigenvalue weighted by Gasteiger charge is -2.41. The maximum atomic E-state index is 12.5. The Balaban J connectivity index is 1.55. The molecule has 2 bridgehead atoms. The Labute approximate surface area is 135 Å². The maximum Gasteiger partial charge on any atom is 0.410 e. The molecule has 1 amide bonds. The Morgan fingerprint density at radius 2 is 1.55 bits per heavy atom. The van der Waals surface area contributed by atoms with Gasteiger partial charge in [0, 0.05) is 24.2 Å². The molecule has 3 aliphatic rings. The first-order valence-corrected chi connectivity index (χ1v) is 9.20. The average Bonchev–Trinajstić information content (AvgIpc) is 2.70. The maximum absolute atomic E-state index is 12.5. The van der Waals surface area contributed by atoms with Gasteiger partial charge in [0.15, 0.2) is 0 Å². The summed E-state index contributed by atoms with van der Waals surface area (Å²) in [5.41, 5.74) is -0.395. The van der Waals surface area contributed by atoms with Crippen LogP contribution in [0.25, 0.3) is 0 Å². The summed E-state index contributed by atoms with van der Waals surface area (Å²) in [5.74, 6) is 0. The van der Waals surface area contributed by atoms with Gasteiger partial charge < -0.3 is 15.0 Å². The third-order valence-electron chi connectivity index (χ3n) is 5.41. The number of nitrogens with one attached hydrogen (secondary N) is 1. The van der Waals surface area contributed by atoms with E-state index >= 15 is 0 Å². The van der Waals surface area contributed by atoms with E-state index in [-0.39, 0.29) is 6.09 Å². The zero-order valence-corrected chi connectivity index (χ0v) is 14.4. The Hall–Kier alpha value is -0.770. The topological polar surface area (TPSA) is 41.6 Å². The zero-order valence-electron chi connectivity index (χ0n) is 14.4. The van der Waals surface area contributed by atoms with E-state index in [0.29, 0.717) is 24.2 Å². The van der Waals surface area contributed by atoms with Crippen molar-refractivity contribution in [3.05, 3.63) is 0 Å². The summed E-state index contributed by atoms with van der Waals surface area (Å²) in [5, 5.41) is 3.89. The van der Waals surface area contributed by atoms with Gasteiger partial charge in [-0.15, -0.1) is 0 Å². The lowest BCUT2D eigenvalue weighted by Crippen LogP contribution is -2.54. The van der Waals surface area contributed by atoms with Crippen molar-refractivity contribution in [2.75, 3.05) is 0 Å². The molecule has 1 aliphatic carbocycles. The highest BCUT2D eigenvalue weighted by Gasteiger charge is 2.45. The van der Waals surface area contributed by atoms with Gasteiger partial charge >= 0.3 is 6.09 Å². The third kappa shape index (κ3) is 3.76. The third-order valence-corrected chi connectivity index (χ3v) is 5.41. The Morgan fingerprint density at radius 3 is 2.09 bits per heavy atom. The van der Waals surface area contributed by atoms with Crippen LogP contribution in [0.5, 0.6) is 0 Å². The largest absolute Gasteiger partial charge is 0.444 e. The number of nitrogens with zero attached hydrogens (tertiary/aromatic N) is 1. The van der Waals surface area contributed by atoms with Gasteiger partial charge in [0.1, 0.15) is 5.60 Å². The summed E-state index contributed by atoms with van der Waals surface area (Å²) in [6.45, 7) is 5.85. The quantitative estimate of drug-likeness (QED) is 0.842. The van der Waals surface area contributed by atoms with Crippen molar-refractivity contribution >= 4 is 6.09 Å². The van der Waals surface area contributed by atoms with Crippen LogP contribution in [-0.4, -0.2) is 40.8 Å². The van der Waals surface area contributed by atoms with E-state index in [1.54, 1.807) is 0 Å². The van der Waals surface area contributed by atoms with Crippen molar-refractivity contribution < 1.29 is 9.53 Å². The molecule has 4 nitrogen and oxygen atoms in total. The summed E-state index contributed by atoms with van der Waals surface area (Å²) >= 11 is 0. The Kier molecular flexibility index (Phi) is 4.67. The van der Waals surface area contributed by atoms with Crippen LogP contribution in [0, 0.1) is 0 Å². The fraction of sp³-hybridized carbons (Fsp3) is 0.944. The number of carbonyl (C=O) groups is 1. The molecule has 0 aromatic rings. The van der Waals surface area contributed by atoms with Crippen molar-refractivity contribution in [2.45, 2.75) is 108 Å². The zero-order chi connectivity index (χ0) is 15.7. The highest BCUT2D eigenvalue weighted by atomic mass is 16.6. The van der Waals surface area contributed by atoms with E-state index in [0.717, 1.165) is 25.7 Å². The first kappa shape index (κ1) is 16.1. The lowest BCUT2D eigenvalue weighted by atomic mass is 9.92. The van der Waals surface area contributed by atoms with Crippen LogP contribution in [0.15, 0.2) is 0 Å². The fourth-order valence-electron chi connectivity index (χ4n) is 4.53. The molecule has 2 heterocycles. The van der Waals surface area contributed by atoms with Crippen molar-refractivity contribution in [2.24, 2.45) is 0 Å². The van der Waals surface area contributed by atoms with Crippen LogP contribution in [-0.2, 0) is 4.74 Å². The number of hydrogen-bond donors (Lipinski definition) is 1. The second kappa shape index (κ2) is 6.38. The van der Waals surface area contributed by atoms with E-state index in [1.807, 2.05) is 25.7 Å². The summed E-state index contributed by atoms with van der Waals surface area (Å²) in [4.78, 5) is 14.5. The molecule has 1 saturated carbocycles. The molecule has 3 rings (SSSR count). The smallest absolute Gasteiger partial charge is 0.410 e. The second-order valence-electron chi connectivity index (χ2n) is 8.44. The molecule has 3 fully saturated rings. The molecule has 2 unspecified atom stereocenters. The van der Waals surface area contributed by atoms with Gasteiger partial charge in [-0.05, 0) is 59.3 Å². The van der Waals surface area contributed by atoms with Crippen LogP contribution in [0.3, 0.4) is 0 Å². The minimum atomic E-state index is -0.395. The van der Waals surface area contributed by atoms with Crippen LogP contribution in [0.1, 0.15) is 78.6 Å². The van der Waals surface area contributed by atoms with E-state index in [2.05, 4.69) is 5.32 Å². The number of ether oxygens (including phenoxy) is 1. The lowest BCUT2D eigenvalue weighted by molar-refractivity contribution is 0.00408. The van der Waals surface area contributed by atoms with E-state index in [9.17, 15) is 4.79 Å². The van der Waals surface area contributed by atoms with Gasteiger partial charge in [0.2, 0.25) is 0 Å². The molecule has 2 aliphatic heterocycles. The van der Waals surface area contributed by atoms with Gasteiger partial charge in [0.05, 0.1) is 0 Å². The number of rotatable bonds is 2. The van der Waals surface area contributed by atoms with E-state index in [1.165, 1.54) is 32.1 Å². The first-order chi connectivity index (χ1) is 10.4. The molecule has 0 radical (unpaired) electrons. The van der Waals surface area contributed by atoms with Gasteiger partial charge in [0.25, 0.3) is 0 Å². The van der Waals surface area contributed by atoms with Crippen molar-refractivity contribution in [1.82, 2.24) is 10.2 Å². The van der Waals surface area contributed by atoms with E-state index < -0.39 is 5.60 Å². The van der Waals surface area contributed by atoms with Gasteiger partial charge in [-0.3, -0.25) is 0 Å². The molecule has 2 saturated heterocycles. The number of fused-ring (bicyclic) bond motifs is 2. The standard InChI is InChI=1S/C18H32N2O2/c1-18(2,3)22-17(21)20-15-9-10-16(20)12-14(11-15)19-13-7-5-4-6-8-13/h13-16,19H,4-12H2,1-3H3. The molecular weight excluding hydrogens is 276 g/mol. The van der Waals surface area contributed by atoms with Gasteiger partial charge in [-0.1, -0.05) is 19.3 Å². The highest BCUT2D eigenvalue weighted by Crippen LogP contribution is 2.37. The molecule has 126 valence electrons. The SMILES string of the molecule is CC(C)(C)OC(=O)N1C2CCC1CC(NC1CCCCC1)C2. The van der Waals surface area contributed by atoms with Crippen molar-refractivity contribution in [3.63, 3.8) is 0 Å². The fourth-order valence-corrected chi connectivity index (χ4v) is 4.53. The van der Waals surface area contributed by atoms with E-state index in [4.69, 9.17) is 4.74 Å². The monoisotopic (exact) mass is 308 g/mol. The Morgan fingerprint density at radius 1 is 0.955 bits per heavy atom. The number of piperidine rings is 1. The highest BCUT2D eigenvalue weighted by molar-refractivity contribution is 5.69. The van der Waals surface area contributed by atoms with Gasteiger partial charge in [-0.25, -0.2) is 4.79 Å². The predicted octanol–water partition coefficient (Wildman–Crippen LogP) is 3.84. The molecule has 4 heteroatoms.